The second-order valence-electron chi connectivity index (χ2n) is 10.4. The monoisotopic (exact) mass is 468 g/mol. The molecule has 0 aromatic rings. The lowest BCUT2D eigenvalue weighted by Crippen LogP contribution is -2.65. The highest BCUT2D eigenvalue weighted by Gasteiger charge is 2.75. The van der Waals surface area contributed by atoms with E-state index in [1.807, 2.05) is 6.92 Å². The fraction of sp³-hybridized carbons (Fsp3) is 0.708. The number of alkyl halides is 2. The van der Waals surface area contributed by atoms with E-state index in [2.05, 4.69) is 0 Å². The highest BCUT2D eigenvalue weighted by atomic mass is 32.1. The summed E-state index contributed by atoms with van der Waals surface area (Å²) in [6.07, 6.45) is 3.00. The van der Waals surface area contributed by atoms with Crippen LogP contribution in [0.4, 0.5) is 8.78 Å². The number of rotatable bonds is 4. The Morgan fingerprint density at radius 3 is 2.59 bits per heavy atom. The molecule has 8 atom stereocenters. The molecule has 4 aliphatic carbocycles. The Hall–Kier alpha value is -1.67. The van der Waals surface area contributed by atoms with E-state index in [4.69, 9.17) is 22.1 Å². The molecule has 0 radical (unpaired) electrons. The number of aliphatic hydroxyl groups is 2. The van der Waals surface area contributed by atoms with Gasteiger partial charge in [0.2, 0.25) is 5.05 Å². The van der Waals surface area contributed by atoms with Crippen LogP contribution in [0.1, 0.15) is 52.9 Å². The van der Waals surface area contributed by atoms with Gasteiger partial charge in [-0.2, -0.15) is 0 Å². The molecule has 32 heavy (non-hydrogen) atoms. The van der Waals surface area contributed by atoms with E-state index in [0.717, 1.165) is 0 Å². The Balaban J connectivity index is 1.80. The summed E-state index contributed by atoms with van der Waals surface area (Å²) in [5.74, 6) is -2.53. The molecule has 0 amide bonds. The minimum atomic E-state index is -1.79. The Kier molecular flexibility index (Phi) is 5.45. The first-order chi connectivity index (χ1) is 14.9. The highest BCUT2D eigenvalue weighted by Crippen LogP contribution is 2.71. The van der Waals surface area contributed by atoms with Crippen LogP contribution in [0.15, 0.2) is 23.8 Å². The molecule has 0 aromatic heterocycles. The average Bonchev–Trinajstić information content (AvgIpc) is 2.94. The van der Waals surface area contributed by atoms with Crippen LogP contribution in [0.5, 0.6) is 0 Å². The van der Waals surface area contributed by atoms with Crippen molar-refractivity contribution in [3.05, 3.63) is 23.8 Å². The van der Waals surface area contributed by atoms with Crippen molar-refractivity contribution in [1.82, 2.24) is 0 Å². The second kappa shape index (κ2) is 7.42. The number of thiocarbonyl (C=S) groups is 1. The molecule has 3 fully saturated rings. The van der Waals surface area contributed by atoms with Crippen molar-refractivity contribution in [2.45, 2.75) is 70.3 Å². The first-order valence-corrected chi connectivity index (χ1v) is 11.6. The highest BCUT2D eigenvalue weighted by molar-refractivity contribution is 7.80. The summed E-state index contributed by atoms with van der Waals surface area (Å²) in [4.78, 5) is 24.3. The summed E-state index contributed by atoms with van der Waals surface area (Å²) in [6, 6.07) is 0. The van der Waals surface area contributed by atoms with Crippen molar-refractivity contribution < 1.29 is 33.3 Å². The quantitative estimate of drug-likeness (QED) is 0.477. The molecule has 176 valence electrons. The molecule has 0 unspecified atom stereocenters. The van der Waals surface area contributed by atoms with Gasteiger partial charge >= 0.3 is 5.97 Å². The lowest BCUT2D eigenvalue weighted by atomic mass is 9.45. The molecule has 3 saturated carbocycles. The maximum atomic E-state index is 17.0. The minimum absolute atomic E-state index is 0.0540. The fourth-order valence-electron chi connectivity index (χ4n) is 7.44. The van der Waals surface area contributed by atoms with Gasteiger partial charge in [-0.3, -0.25) is 9.59 Å². The van der Waals surface area contributed by atoms with Crippen LogP contribution in [-0.2, 0) is 14.3 Å². The molecular weight excluding hydrogens is 438 g/mol. The first-order valence-electron chi connectivity index (χ1n) is 11.2. The molecule has 0 heterocycles. The molecule has 2 N–H and O–H groups in total. The van der Waals surface area contributed by atoms with Crippen LogP contribution in [0.3, 0.4) is 0 Å². The van der Waals surface area contributed by atoms with E-state index in [-0.39, 0.29) is 37.0 Å². The Morgan fingerprint density at radius 2 is 1.97 bits per heavy atom. The van der Waals surface area contributed by atoms with E-state index < -0.39 is 63.7 Å². The average molecular weight is 469 g/mol. The number of hydrogen-bond acceptors (Lipinski definition) is 5. The fourth-order valence-corrected chi connectivity index (χ4v) is 7.92. The van der Waals surface area contributed by atoms with Gasteiger partial charge in [0.25, 0.3) is 0 Å². The van der Waals surface area contributed by atoms with Gasteiger partial charge in [0.1, 0.15) is 11.8 Å². The number of allylic oxidation sites excluding steroid dienone is 4. The molecule has 0 bridgehead atoms. The van der Waals surface area contributed by atoms with Crippen LogP contribution in [0.25, 0.3) is 0 Å². The van der Waals surface area contributed by atoms with Crippen molar-refractivity contribution in [2.24, 2.45) is 28.6 Å². The third-order valence-corrected chi connectivity index (χ3v) is 9.40. The number of carbonyl (C=O) groups is 2. The molecule has 4 aliphatic rings. The van der Waals surface area contributed by atoms with E-state index in [1.54, 1.807) is 13.8 Å². The van der Waals surface area contributed by atoms with E-state index in [0.29, 0.717) is 6.42 Å². The maximum absolute atomic E-state index is 17.0. The van der Waals surface area contributed by atoms with Gasteiger partial charge in [-0.05, 0) is 68.5 Å². The smallest absolute Gasteiger partial charge is 0.309 e. The summed E-state index contributed by atoms with van der Waals surface area (Å²) in [7, 11) is 0. The SMILES string of the molecule is C[C@@H]1C[C@H]2[C@@H]3C[C@H](F)C4=CC(=O)C=C[C@]4(C)[C@@]3(F)CC[C@]2(C)[C@@]1(OC(=O)CCO)C(O)=S. The van der Waals surface area contributed by atoms with Crippen molar-refractivity contribution >= 4 is 29.0 Å². The van der Waals surface area contributed by atoms with Gasteiger partial charge < -0.3 is 14.9 Å². The zero-order valence-electron chi connectivity index (χ0n) is 18.6. The molecule has 0 saturated heterocycles. The number of hydrogen-bond donors (Lipinski definition) is 2. The van der Waals surface area contributed by atoms with Gasteiger partial charge in [-0.25, -0.2) is 8.78 Å². The third-order valence-electron chi connectivity index (χ3n) is 9.10. The first kappa shape index (κ1) is 23.5. The number of esters is 1. The second-order valence-corrected chi connectivity index (χ2v) is 10.7. The largest absolute Gasteiger partial charge is 0.499 e. The predicted octanol–water partition coefficient (Wildman–Crippen LogP) is 4.13. The predicted molar refractivity (Wildman–Crippen MR) is 118 cm³/mol. The summed E-state index contributed by atoms with van der Waals surface area (Å²) in [6.45, 7) is 4.91. The van der Waals surface area contributed by atoms with E-state index >= 15 is 8.78 Å². The van der Waals surface area contributed by atoms with Gasteiger partial charge in [0, 0.05) is 22.7 Å². The van der Waals surface area contributed by atoms with Gasteiger partial charge in [0.15, 0.2) is 11.4 Å². The van der Waals surface area contributed by atoms with Crippen LogP contribution in [0, 0.1) is 28.6 Å². The third kappa shape index (κ3) is 2.77. The molecule has 0 spiro atoms. The summed E-state index contributed by atoms with van der Waals surface area (Å²) < 4.78 is 38.2. The lowest BCUT2D eigenvalue weighted by molar-refractivity contribution is -0.187. The van der Waals surface area contributed by atoms with Crippen LogP contribution >= 0.6 is 12.2 Å². The minimum Gasteiger partial charge on any atom is -0.499 e. The van der Waals surface area contributed by atoms with E-state index in [1.165, 1.54) is 18.2 Å². The van der Waals surface area contributed by atoms with E-state index in [9.17, 15) is 14.7 Å². The maximum Gasteiger partial charge on any atom is 0.309 e. The Morgan fingerprint density at radius 1 is 1.28 bits per heavy atom. The van der Waals surface area contributed by atoms with Crippen molar-refractivity contribution in [1.29, 1.82) is 0 Å². The van der Waals surface area contributed by atoms with Crippen molar-refractivity contribution in [3.8, 4) is 0 Å². The number of carbonyl (C=O) groups excluding carboxylic acids is 2. The number of ketones is 1. The molecule has 8 heteroatoms. The molecule has 0 aliphatic heterocycles. The zero-order chi connectivity index (χ0) is 23.7. The number of halogens is 2. The molecule has 5 nitrogen and oxygen atoms in total. The topological polar surface area (TPSA) is 83.8 Å². The number of aliphatic hydroxyl groups excluding tert-OH is 2. The summed E-state index contributed by atoms with van der Waals surface area (Å²) in [5.41, 5.74) is -5.25. The van der Waals surface area contributed by atoms with Crippen LogP contribution < -0.4 is 0 Å². The summed E-state index contributed by atoms with van der Waals surface area (Å²) >= 11 is 5.20. The standard InChI is InChI=1S/C24H30F2O5S/c1-13-10-15-16-12-18(25)17-11-14(28)4-6-21(17,2)23(16,26)8-7-22(15,3)24(13,20(30)32)31-19(29)5-9-27/h4,6,11,13,15-16,18,27H,5,7-10,12H2,1-3H3,(H,30,32)/t13-,15+,16+,18+,21+,22+,23-,24+/m1/s1. The number of ether oxygens (including phenoxy) is 1. The molecule has 0 aromatic carbocycles. The lowest BCUT2D eigenvalue weighted by Gasteiger charge is -2.61. The van der Waals surface area contributed by atoms with Crippen LogP contribution in [-0.4, -0.2) is 51.1 Å². The Labute approximate surface area is 191 Å². The van der Waals surface area contributed by atoms with Gasteiger partial charge in [-0.15, -0.1) is 0 Å². The Bertz CT molecular complexity index is 933. The van der Waals surface area contributed by atoms with Gasteiger partial charge in [-0.1, -0.05) is 19.9 Å². The molecule has 4 rings (SSSR count). The normalized spacial score (nSPS) is 47.2. The van der Waals surface area contributed by atoms with Crippen molar-refractivity contribution in [3.63, 3.8) is 0 Å². The molecular formula is C24H30F2O5S. The summed E-state index contributed by atoms with van der Waals surface area (Å²) in [5, 5.41) is 19.3. The van der Waals surface area contributed by atoms with Gasteiger partial charge in [0.05, 0.1) is 13.0 Å². The van der Waals surface area contributed by atoms with Crippen LogP contribution in [0.2, 0.25) is 0 Å². The number of fused-ring (bicyclic) bond motifs is 5. The van der Waals surface area contributed by atoms with Crippen molar-refractivity contribution in [2.75, 3.05) is 6.61 Å². The zero-order valence-corrected chi connectivity index (χ0v) is 19.4.